The van der Waals surface area contributed by atoms with Gasteiger partial charge in [-0.3, -0.25) is 0 Å². The van der Waals surface area contributed by atoms with Gasteiger partial charge in [0.25, 0.3) is 0 Å². The van der Waals surface area contributed by atoms with Crippen LogP contribution in [0.15, 0.2) is 30.3 Å². The Hall–Kier alpha value is -0.795. The molecule has 3 heteroatoms. The summed E-state index contributed by atoms with van der Waals surface area (Å²) in [4.78, 5) is 0. The van der Waals surface area contributed by atoms with Crippen molar-refractivity contribution in [3.05, 3.63) is 35.9 Å². The quantitative estimate of drug-likeness (QED) is 0.769. The van der Waals surface area contributed by atoms with E-state index in [1.54, 1.807) is 0 Å². The van der Waals surface area contributed by atoms with Crippen LogP contribution in [0, 0.1) is 5.92 Å². The van der Waals surface area contributed by atoms with Crippen LogP contribution in [0.3, 0.4) is 0 Å². The molecule has 0 amide bonds. The summed E-state index contributed by atoms with van der Waals surface area (Å²) < 4.78 is 12.3. The number of hydrogen-bond acceptors (Lipinski definition) is 2. The number of rotatable bonds is 3. The topological polar surface area (TPSA) is 18.5 Å². The van der Waals surface area contributed by atoms with Crippen molar-refractivity contribution in [2.45, 2.75) is 57.6 Å². The zero-order valence-electron chi connectivity index (χ0n) is 12.3. The average Bonchev–Trinajstić information content (AvgIpc) is 3.03. The first-order chi connectivity index (χ1) is 8.89. The van der Waals surface area contributed by atoms with E-state index in [0.29, 0.717) is 5.82 Å². The highest BCUT2D eigenvalue weighted by atomic mass is 16.7. The molecule has 19 heavy (non-hydrogen) atoms. The summed E-state index contributed by atoms with van der Waals surface area (Å²) in [7, 11) is -0.0151. The summed E-state index contributed by atoms with van der Waals surface area (Å²) in [5.41, 5.74) is 1.03. The molecule has 2 fully saturated rings. The van der Waals surface area contributed by atoms with E-state index in [1.165, 1.54) is 12.0 Å². The standard InChI is InChI=1S/C16H23BO2/c1-15(2)16(3,4)19-17(18-15)14-11-13(14)10-12-8-6-5-7-9-12/h5-9,13-14H,10-11H2,1-4H3. The molecule has 2 unspecified atom stereocenters. The van der Waals surface area contributed by atoms with Crippen LogP contribution in [0.25, 0.3) is 0 Å². The summed E-state index contributed by atoms with van der Waals surface area (Å²) >= 11 is 0. The van der Waals surface area contributed by atoms with E-state index in [2.05, 4.69) is 58.0 Å². The van der Waals surface area contributed by atoms with Crippen LogP contribution in [-0.2, 0) is 15.7 Å². The van der Waals surface area contributed by atoms with E-state index in [9.17, 15) is 0 Å². The van der Waals surface area contributed by atoms with E-state index >= 15 is 0 Å². The van der Waals surface area contributed by atoms with Crippen LogP contribution in [0.1, 0.15) is 39.7 Å². The minimum Gasteiger partial charge on any atom is -0.403 e. The second-order valence-electron chi connectivity index (χ2n) is 6.97. The van der Waals surface area contributed by atoms with E-state index < -0.39 is 0 Å². The molecule has 2 aliphatic rings. The Morgan fingerprint density at radius 3 is 2.21 bits per heavy atom. The van der Waals surface area contributed by atoms with Gasteiger partial charge in [-0.1, -0.05) is 30.3 Å². The lowest BCUT2D eigenvalue weighted by Crippen LogP contribution is -2.41. The van der Waals surface area contributed by atoms with Crippen molar-refractivity contribution in [1.82, 2.24) is 0 Å². The molecule has 0 spiro atoms. The Morgan fingerprint density at radius 1 is 1.05 bits per heavy atom. The maximum atomic E-state index is 6.13. The molecule has 1 aromatic rings. The normalized spacial score (nSPS) is 31.5. The first kappa shape index (κ1) is 13.2. The van der Waals surface area contributed by atoms with Crippen molar-refractivity contribution in [2.24, 2.45) is 5.92 Å². The molecular formula is C16H23BO2. The van der Waals surface area contributed by atoms with Crippen LogP contribution < -0.4 is 0 Å². The Labute approximate surface area is 116 Å². The average molecular weight is 258 g/mol. The summed E-state index contributed by atoms with van der Waals surface area (Å²) in [6, 6.07) is 10.7. The highest BCUT2D eigenvalue weighted by Gasteiger charge is 2.59. The smallest absolute Gasteiger partial charge is 0.403 e. The Morgan fingerprint density at radius 2 is 1.63 bits per heavy atom. The monoisotopic (exact) mass is 258 g/mol. The summed E-state index contributed by atoms with van der Waals surface area (Å²) in [5.74, 6) is 1.29. The minimum absolute atomic E-state index is 0.0151. The Bertz CT molecular complexity index is 439. The lowest BCUT2D eigenvalue weighted by atomic mass is 9.80. The van der Waals surface area contributed by atoms with Crippen molar-refractivity contribution in [3.8, 4) is 0 Å². The third-order valence-corrected chi connectivity index (χ3v) is 4.94. The van der Waals surface area contributed by atoms with Gasteiger partial charge in [0, 0.05) is 0 Å². The van der Waals surface area contributed by atoms with E-state index in [-0.39, 0.29) is 18.3 Å². The lowest BCUT2D eigenvalue weighted by Gasteiger charge is -2.32. The fourth-order valence-corrected chi connectivity index (χ4v) is 2.82. The summed E-state index contributed by atoms with van der Waals surface area (Å²) in [6.45, 7) is 8.51. The van der Waals surface area contributed by atoms with Crippen LogP contribution in [0.5, 0.6) is 0 Å². The van der Waals surface area contributed by atoms with Crippen LogP contribution in [0.2, 0.25) is 5.82 Å². The van der Waals surface area contributed by atoms with Gasteiger partial charge in [0.15, 0.2) is 0 Å². The first-order valence-corrected chi connectivity index (χ1v) is 7.29. The molecule has 2 atom stereocenters. The molecule has 1 saturated heterocycles. The molecule has 1 heterocycles. The van der Waals surface area contributed by atoms with Gasteiger partial charge >= 0.3 is 7.12 Å². The fourth-order valence-electron chi connectivity index (χ4n) is 2.82. The zero-order valence-corrected chi connectivity index (χ0v) is 12.3. The molecule has 0 radical (unpaired) electrons. The van der Waals surface area contributed by atoms with Gasteiger partial charge in [-0.2, -0.15) is 0 Å². The molecule has 1 aliphatic heterocycles. The van der Waals surface area contributed by atoms with Gasteiger partial charge in [-0.05, 0) is 57.8 Å². The molecule has 0 bridgehead atoms. The van der Waals surface area contributed by atoms with Gasteiger partial charge in [-0.25, -0.2) is 0 Å². The predicted molar refractivity (Wildman–Crippen MR) is 78.1 cm³/mol. The molecule has 2 nitrogen and oxygen atoms in total. The fraction of sp³-hybridized carbons (Fsp3) is 0.625. The van der Waals surface area contributed by atoms with Crippen molar-refractivity contribution in [3.63, 3.8) is 0 Å². The largest absolute Gasteiger partial charge is 0.461 e. The van der Waals surface area contributed by atoms with Crippen molar-refractivity contribution < 1.29 is 9.31 Å². The van der Waals surface area contributed by atoms with Crippen LogP contribution in [-0.4, -0.2) is 18.3 Å². The zero-order chi connectivity index (χ0) is 13.7. The summed E-state index contributed by atoms with van der Waals surface area (Å²) in [5, 5.41) is 0. The van der Waals surface area contributed by atoms with E-state index in [4.69, 9.17) is 9.31 Å². The lowest BCUT2D eigenvalue weighted by molar-refractivity contribution is 0.00578. The van der Waals surface area contributed by atoms with Gasteiger partial charge in [0.2, 0.25) is 0 Å². The van der Waals surface area contributed by atoms with Gasteiger partial charge < -0.3 is 9.31 Å². The predicted octanol–water partition coefficient (Wildman–Crippen LogP) is 3.71. The second kappa shape index (κ2) is 4.36. The Kier molecular flexibility index (Phi) is 3.03. The first-order valence-electron chi connectivity index (χ1n) is 7.29. The maximum absolute atomic E-state index is 6.13. The van der Waals surface area contributed by atoms with Gasteiger partial charge in [-0.15, -0.1) is 0 Å². The third kappa shape index (κ3) is 2.46. The second-order valence-corrected chi connectivity index (χ2v) is 6.97. The number of hydrogen-bond donors (Lipinski definition) is 0. The molecule has 0 aromatic heterocycles. The molecule has 1 saturated carbocycles. The van der Waals surface area contributed by atoms with Crippen LogP contribution >= 0.6 is 0 Å². The van der Waals surface area contributed by atoms with Crippen molar-refractivity contribution in [1.29, 1.82) is 0 Å². The minimum atomic E-state index is -0.197. The molecule has 3 rings (SSSR count). The molecule has 102 valence electrons. The number of benzene rings is 1. The highest BCUT2D eigenvalue weighted by molar-refractivity contribution is 6.48. The molecular weight excluding hydrogens is 235 g/mol. The molecule has 1 aromatic carbocycles. The van der Waals surface area contributed by atoms with Crippen molar-refractivity contribution in [2.75, 3.05) is 0 Å². The Balaban J connectivity index is 1.60. The van der Waals surface area contributed by atoms with E-state index in [0.717, 1.165) is 12.3 Å². The highest BCUT2D eigenvalue weighted by Crippen LogP contribution is 2.54. The van der Waals surface area contributed by atoms with Gasteiger partial charge in [0.1, 0.15) is 0 Å². The maximum Gasteiger partial charge on any atom is 0.461 e. The van der Waals surface area contributed by atoms with Crippen molar-refractivity contribution >= 4 is 7.12 Å². The van der Waals surface area contributed by atoms with E-state index in [1.807, 2.05) is 0 Å². The van der Waals surface area contributed by atoms with Crippen LogP contribution in [0.4, 0.5) is 0 Å². The third-order valence-electron chi connectivity index (χ3n) is 4.94. The molecule has 0 N–H and O–H groups in total. The SMILES string of the molecule is CC1(C)OB(C2CC2Cc2ccccc2)OC1(C)C. The van der Waals surface area contributed by atoms with Gasteiger partial charge in [0.05, 0.1) is 11.2 Å². The summed E-state index contributed by atoms with van der Waals surface area (Å²) in [6.07, 6.45) is 2.38. The molecule has 1 aliphatic carbocycles.